The molecule has 0 aromatic heterocycles. The number of hydrogen-bond acceptors (Lipinski definition) is 6. The van der Waals surface area contributed by atoms with E-state index in [-0.39, 0.29) is 17.2 Å². The van der Waals surface area contributed by atoms with Gasteiger partial charge in [-0.3, -0.25) is 5.41 Å². The first-order valence-corrected chi connectivity index (χ1v) is 7.18. The second kappa shape index (κ2) is 7.38. The van der Waals surface area contributed by atoms with Gasteiger partial charge in [0.15, 0.2) is 0 Å². The van der Waals surface area contributed by atoms with Crippen LogP contribution in [0, 0.1) is 5.41 Å². The molecule has 0 spiro atoms. The zero-order chi connectivity index (χ0) is 13.5. The number of carbonyl (C=O) groups is 1. The molecular formula is C11H14BrN3O2S. The van der Waals surface area contributed by atoms with Crippen LogP contribution in [-0.2, 0) is 9.53 Å². The lowest BCUT2D eigenvalue weighted by Crippen LogP contribution is -2.22. The number of nitrogens with one attached hydrogen (secondary N) is 2. The van der Waals surface area contributed by atoms with Crippen molar-refractivity contribution in [3.05, 3.63) is 22.1 Å². The molecule has 0 atom stereocenters. The van der Waals surface area contributed by atoms with Crippen molar-refractivity contribution in [1.29, 1.82) is 5.41 Å². The van der Waals surface area contributed by atoms with Crippen LogP contribution >= 0.6 is 27.7 Å². The van der Waals surface area contributed by atoms with Gasteiger partial charge >= 0.3 is 5.97 Å². The van der Waals surface area contributed by atoms with E-state index in [2.05, 4.69) is 26.2 Å². The van der Waals surface area contributed by atoms with Crippen molar-refractivity contribution in [3.63, 3.8) is 0 Å². The summed E-state index contributed by atoms with van der Waals surface area (Å²) in [7, 11) is 0. The van der Waals surface area contributed by atoms with Crippen molar-refractivity contribution < 1.29 is 9.53 Å². The van der Waals surface area contributed by atoms with Gasteiger partial charge in [-0.2, -0.15) is 0 Å². The molecule has 98 valence electrons. The topological polar surface area (TPSA) is 74.5 Å². The van der Waals surface area contributed by atoms with E-state index in [0.29, 0.717) is 16.2 Å². The summed E-state index contributed by atoms with van der Waals surface area (Å²) in [5.41, 5.74) is 0.157. The van der Waals surface area contributed by atoms with Crippen LogP contribution in [-0.4, -0.2) is 29.6 Å². The maximum atomic E-state index is 11.9. The van der Waals surface area contributed by atoms with Gasteiger partial charge in [0.25, 0.3) is 0 Å². The van der Waals surface area contributed by atoms with Gasteiger partial charge < -0.3 is 10.1 Å². The predicted molar refractivity (Wildman–Crippen MR) is 78.2 cm³/mol. The second-order valence-electron chi connectivity index (χ2n) is 3.12. The molecule has 0 amide bonds. The zero-order valence-electron chi connectivity index (χ0n) is 10.1. The Hall–Kier alpha value is -1.08. The minimum absolute atomic E-state index is 0.151. The van der Waals surface area contributed by atoms with E-state index < -0.39 is 5.97 Å². The number of allylic oxidation sites excluding steroid dienone is 1. The van der Waals surface area contributed by atoms with Crippen LogP contribution in [0.15, 0.2) is 27.1 Å². The number of ether oxygens (including phenoxy) is 1. The number of nitrogens with zero attached hydrogens (tertiary/aromatic N) is 1. The quantitative estimate of drug-likeness (QED) is 0.273. The smallest absolute Gasteiger partial charge is 0.344 e. The largest absolute Gasteiger partial charge is 0.462 e. The fourth-order valence-electron chi connectivity index (χ4n) is 1.21. The minimum Gasteiger partial charge on any atom is -0.462 e. The lowest BCUT2D eigenvalue weighted by Gasteiger charge is -2.14. The van der Waals surface area contributed by atoms with E-state index in [9.17, 15) is 4.79 Å². The van der Waals surface area contributed by atoms with Gasteiger partial charge in [-0.05, 0) is 34.7 Å². The molecule has 0 bridgehead atoms. The fourth-order valence-corrected chi connectivity index (χ4v) is 2.13. The second-order valence-corrected chi connectivity index (χ2v) is 5.25. The highest BCUT2D eigenvalue weighted by Crippen LogP contribution is 2.19. The van der Waals surface area contributed by atoms with Crippen molar-refractivity contribution in [2.24, 2.45) is 4.99 Å². The number of carbonyl (C=O) groups excluding carboxylic acids is 1. The van der Waals surface area contributed by atoms with E-state index >= 15 is 0 Å². The first kappa shape index (κ1) is 15.0. The first-order valence-electron chi connectivity index (χ1n) is 5.40. The maximum Gasteiger partial charge on any atom is 0.344 e. The molecule has 0 aliphatic carbocycles. The summed E-state index contributed by atoms with van der Waals surface area (Å²) in [6.07, 6.45) is 3.27. The molecule has 0 radical (unpaired) electrons. The lowest BCUT2D eigenvalue weighted by atomic mass is 10.2. The molecule has 2 N–H and O–H groups in total. The number of halogens is 1. The molecule has 0 saturated carbocycles. The molecule has 1 aliphatic rings. The number of aliphatic imine (C=N–C) groups is 1. The molecule has 7 heteroatoms. The molecule has 0 aromatic rings. The van der Waals surface area contributed by atoms with Crippen LogP contribution in [0.3, 0.4) is 0 Å². The third-order valence-corrected chi connectivity index (χ3v) is 3.14. The van der Waals surface area contributed by atoms with Gasteiger partial charge in [-0.15, -0.1) is 11.8 Å². The highest BCUT2D eigenvalue weighted by atomic mass is 79.9. The summed E-state index contributed by atoms with van der Waals surface area (Å²) in [4.78, 5) is 16.0. The van der Waals surface area contributed by atoms with E-state index in [1.165, 1.54) is 11.8 Å². The molecule has 1 rings (SSSR count). The fraction of sp³-hybridized carbons (Fsp3) is 0.364. The van der Waals surface area contributed by atoms with Gasteiger partial charge in [-0.1, -0.05) is 6.92 Å². The van der Waals surface area contributed by atoms with E-state index in [0.717, 1.165) is 0 Å². The Morgan fingerprint density at radius 2 is 2.33 bits per heavy atom. The van der Waals surface area contributed by atoms with E-state index in [4.69, 9.17) is 10.1 Å². The molecule has 5 nitrogen and oxygen atoms in total. The SMILES string of the molecule is CCOC(=O)/C(C(=N)SCC)=C1\N=CC=C(Br)N1. The number of thioether (sulfide) groups is 1. The Labute approximate surface area is 118 Å². The van der Waals surface area contributed by atoms with Crippen molar-refractivity contribution in [1.82, 2.24) is 5.32 Å². The highest BCUT2D eigenvalue weighted by molar-refractivity contribution is 9.11. The van der Waals surface area contributed by atoms with Crippen LogP contribution in [0.5, 0.6) is 0 Å². The summed E-state index contributed by atoms with van der Waals surface area (Å²) in [6, 6.07) is 0. The Bertz CT molecular complexity index is 424. The molecule has 0 saturated heterocycles. The monoisotopic (exact) mass is 331 g/mol. The number of hydrogen-bond donors (Lipinski definition) is 2. The van der Waals surface area contributed by atoms with E-state index in [1.807, 2.05) is 6.92 Å². The van der Waals surface area contributed by atoms with Crippen molar-refractivity contribution in [2.75, 3.05) is 12.4 Å². The van der Waals surface area contributed by atoms with Crippen LogP contribution in [0.25, 0.3) is 0 Å². The third-order valence-electron chi connectivity index (χ3n) is 1.89. The molecular weight excluding hydrogens is 318 g/mol. The first-order chi connectivity index (χ1) is 8.60. The molecule has 0 fully saturated rings. The van der Waals surface area contributed by atoms with Crippen LogP contribution < -0.4 is 5.32 Å². The molecule has 1 aliphatic heterocycles. The molecule has 0 unspecified atom stereocenters. The van der Waals surface area contributed by atoms with Crippen LogP contribution in [0.4, 0.5) is 0 Å². The highest BCUT2D eigenvalue weighted by Gasteiger charge is 2.22. The van der Waals surface area contributed by atoms with Crippen LogP contribution in [0.2, 0.25) is 0 Å². The van der Waals surface area contributed by atoms with Crippen molar-refractivity contribution in [2.45, 2.75) is 13.8 Å². The van der Waals surface area contributed by atoms with Gasteiger partial charge in [-0.25, -0.2) is 9.79 Å². The molecule has 18 heavy (non-hydrogen) atoms. The number of esters is 1. The normalized spacial score (nSPS) is 16.7. The van der Waals surface area contributed by atoms with Crippen molar-refractivity contribution in [3.8, 4) is 0 Å². The standard InChI is InChI=1S/C11H14BrN3O2S/c1-3-17-11(16)8(9(13)18-4-2)10-14-6-5-7(12)15-10/h5-6,13,15H,3-4H2,1-2H3/b10-8+,13-9?. The van der Waals surface area contributed by atoms with E-state index in [1.54, 1.807) is 19.2 Å². The summed E-state index contributed by atoms with van der Waals surface area (Å²) in [5.74, 6) is 0.495. The average molecular weight is 332 g/mol. The molecule has 0 aromatic carbocycles. The summed E-state index contributed by atoms with van der Waals surface area (Å²) >= 11 is 4.53. The maximum absolute atomic E-state index is 11.9. The Balaban J connectivity index is 3.08. The minimum atomic E-state index is -0.537. The summed E-state index contributed by atoms with van der Waals surface area (Å²) < 4.78 is 5.64. The van der Waals surface area contributed by atoms with Crippen LogP contribution in [0.1, 0.15) is 13.8 Å². The molecule has 1 heterocycles. The third kappa shape index (κ3) is 3.99. The lowest BCUT2D eigenvalue weighted by molar-refractivity contribution is -0.137. The zero-order valence-corrected chi connectivity index (χ0v) is 12.5. The van der Waals surface area contributed by atoms with Gasteiger partial charge in [0.05, 0.1) is 11.2 Å². The number of rotatable bonds is 4. The van der Waals surface area contributed by atoms with Gasteiger partial charge in [0, 0.05) is 6.21 Å². The Kier molecular flexibility index (Phi) is 6.14. The van der Waals surface area contributed by atoms with Gasteiger partial charge in [0.1, 0.15) is 16.4 Å². The predicted octanol–water partition coefficient (Wildman–Crippen LogP) is 2.40. The Morgan fingerprint density at radius 1 is 1.61 bits per heavy atom. The van der Waals surface area contributed by atoms with Crippen molar-refractivity contribution >= 4 is 44.9 Å². The average Bonchev–Trinajstić information content (AvgIpc) is 2.30. The summed E-state index contributed by atoms with van der Waals surface area (Å²) in [6.45, 7) is 3.91. The Morgan fingerprint density at radius 3 is 2.89 bits per heavy atom. The summed E-state index contributed by atoms with van der Waals surface area (Å²) in [5, 5.41) is 11.0. The van der Waals surface area contributed by atoms with Gasteiger partial charge in [0.2, 0.25) is 0 Å².